The van der Waals surface area contributed by atoms with Gasteiger partial charge in [-0.1, -0.05) is 0 Å². The van der Waals surface area contributed by atoms with Gasteiger partial charge in [-0.15, -0.1) is 0 Å². The van der Waals surface area contributed by atoms with E-state index in [2.05, 4.69) is 78.1 Å². The summed E-state index contributed by atoms with van der Waals surface area (Å²) >= 11 is -3.60. The Morgan fingerprint density at radius 1 is 0.703 bits per heavy atom. The van der Waals surface area contributed by atoms with Gasteiger partial charge in [0.2, 0.25) is 0 Å². The van der Waals surface area contributed by atoms with E-state index in [0.717, 1.165) is 10.0 Å². The Morgan fingerprint density at radius 2 is 1.14 bits per heavy atom. The molecule has 4 aromatic rings. The van der Waals surface area contributed by atoms with Gasteiger partial charge in [-0.3, -0.25) is 0 Å². The molecular formula is C31H31NO4Sn. The zero-order valence-corrected chi connectivity index (χ0v) is 23.7. The number of ether oxygens (including phenoxy) is 2. The Hall–Kier alpha value is -3.58. The fourth-order valence-electron chi connectivity index (χ4n) is 4.76. The van der Waals surface area contributed by atoms with Gasteiger partial charge in [0.15, 0.2) is 0 Å². The van der Waals surface area contributed by atoms with Gasteiger partial charge in [0.25, 0.3) is 0 Å². The van der Waals surface area contributed by atoms with Crippen LogP contribution in [-0.2, 0) is 20.9 Å². The van der Waals surface area contributed by atoms with Crippen LogP contribution in [0.5, 0.6) is 0 Å². The summed E-state index contributed by atoms with van der Waals surface area (Å²) < 4.78 is 15.2. The molecule has 0 saturated carbocycles. The number of carbonyl (C=O) groups excluding carboxylic acids is 2. The molecule has 0 spiro atoms. The van der Waals surface area contributed by atoms with Crippen LogP contribution >= 0.6 is 0 Å². The van der Waals surface area contributed by atoms with Crippen LogP contribution in [0.15, 0.2) is 121 Å². The monoisotopic (exact) mass is 601 g/mol. The van der Waals surface area contributed by atoms with E-state index in [1.165, 1.54) is 17.8 Å². The van der Waals surface area contributed by atoms with E-state index in [-0.39, 0.29) is 6.61 Å². The van der Waals surface area contributed by atoms with Crippen molar-refractivity contribution in [2.75, 3.05) is 7.11 Å². The number of nitrogens with one attached hydrogen (secondary N) is 1. The molecule has 4 aromatic carbocycles. The van der Waals surface area contributed by atoms with Crippen molar-refractivity contribution >= 4 is 41.2 Å². The van der Waals surface area contributed by atoms with Crippen LogP contribution in [0.2, 0.25) is 4.44 Å². The van der Waals surface area contributed by atoms with E-state index in [4.69, 9.17) is 9.47 Å². The summed E-state index contributed by atoms with van der Waals surface area (Å²) in [5.74, 6) is -0.481. The number of benzene rings is 4. The first kappa shape index (κ1) is 26.5. The van der Waals surface area contributed by atoms with Gasteiger partial charge in [0.05, 0.1) is 0 Å². The third-order valence-corrected chi connectivity index (χ3v) is 20.9. The van der Waals surface area contributed by atoms with Crippen molar-refractivity contribution in [2.24, 2.45) is 0 Å². The zero-order valence-electron chi connectivity index (χ0n) is 20.9. The van der Waals surface area contributed by atoms with E-state index in [0.29, 0.717) is 6.42 Å². The Kier molecular flexibility index (Phi) is 9.38. The third kappa shape index (κ3) is 6.60. The fraction of sp³-hybridized carbons (Fsp3) is 0.161. The minimum absolute atomic E-state index is 0.127. The first-order valence-corrected chi connectivity index (χ1v) is 18.6. The quantitative estimate of drug-likeness (QED) is 0.221. The molecule has 5 nitrogen and oxygen atoms in total. The van der Waals surface area contributed by atoms with E-state index in [1.54, 1.807) is 0 Å². The maximum atomic E-state index is 12.8. The molecular weight excluding hydrogens is 569 g/mol. The molecule has 1 atom stereocenters. The van der Waals surface area contributed by atoms with Crippen LogP contribution in [-0.4, -0.2) is 43.6 Å². The van der Waals surface area contributed by atoms with Gasteiger partial charge in [-0.2, -0.15) is 0 Å². The number of carbonyl (C=O) groups is 2. The minimum atomic E-state index is -3.60. The number of amides is 1. The summed E-state index contributed by atoms with van der Waals surface area (Å²) in [5.41, 5.74) is 0.875. The number of rotatable bonds is 10. The van der Waals surface area contributed by atoms with Crippen molar-refractivity contribution in [2.45, 2.75) is 23.5 Å². The van der Waals surface area contributed by atoms with E-state index in [1.807, 2.05) is 48.5 Å². The molecule has 0 saturated heterocycles. The van der Waals surface area contributed by atoms with E-state index < -0.39 is 36.5 Å². The van der Waals surface area contributed by atoms with Crippen LogP contribution in [0.4, 0.5) is 4.79 Å². The Bertz CT molecular complexity index is 1170. The van der Waals surface area contributed by atoms with Gasteiger partial charge >= 0.3 is 223 Å². The average Bonchev–Trinajstić information content (AvgIpc) is 2.97. The Morgan fingerprint density at radius 3 is 1.57 bits per heavy atom. The first-order chi connectivity index (χ1) is 18.1. The molecule has 0 aliphatic carbocycles. The fourth-order valence-corrected chi connectivity index (χ4v) is 18.7. The number of hydrogen-bond acceptors (Lipinski definition) is 4. The molecule has 0 fully saturated rings. The topological polar surface area (TPSA) is 64.6 Å². The summed E-state index contributed by atoms with van der Waals surface area (Å²) in [6.07, 6.45) is -0.207. The predicted octanol–water partition coefficient (Wildman–Crippen LogP) is 4.01. The van der Waals surface area contributed by atoms with E-state index in [9.17, 15) is 9.59 Å². The molecule has 188 valence electrons. The number of hydrogen-bond donors (Lipinski definition) is 1. The van der Waals surface area contributed by atoms with Crippen molar-refractivity contribution in [3.63, 3.8) is 0 Å². The molecule has 0 aromatic heterocycles. The molecule has 4 rings (SSSR count). The summed E-state index contributed by atoms with van der Waals surface area (Å²) in [5, 5.41) is 2.76. The van der Waals surface area contributed by atoms with Crippen molar-refractivity contribution < 1.29 is 19.1 Å². The molecule has 0 aliphatic heterocycles. The number of methoxy groups -OCH3 is 1. The van der Waals surface area contributed by atoms with Crippen molar-refractivity contribution in [3.05, 3.63) is 127 Å². The van der Waals surface area contributed by atoms with E-state index >= 15 is 0 Å². The number of alkyl carbamates (subject to hydrolysis) is 1. The normalized spacial score (nSPS) is 11.8. The molecule has 6 heteroatoms. The molecule has 1 N–H and O–H groups in total. The standard InChI is InChI=1S/C13H16NO4.3C6H5.Sn/c1-3-11(12(15)17-2)14-13(16)18-9-10-7-5-4-6-8-10;3*1-2-4-6-5-3-1;/h4-8,11H,1,3,9H2,2H3,(H,14,16);3*1-5H;. The maximum absolute atomic E-state index is 12.8. The summed E-state index contributed by atoms with van der Waals surface area (Å²) in [6, 6.07) is 40.3. The molecule has 37 heavy (non-hydrogen) atoms. The Balaban J connectivity index is 1.63. The van der Waals surface area contributed by atoms with Crippen LogP contribution in [0, 0.1) is 0 Å². The van der Waals surface area contributed by atoms with Gasteiger partial charge in [0, 0.05) is 0 Å². The SMILES string of the molecule is COC(=O)C(C[CH2][Sn]([c]1ccccc1)([c]1ccccc1)[c]1ccccc1)NC(=O)OCc1ccccc1. The predicted molar refractivity (Wildman–Crippen MR) is 149 cm³/mol. The van der Waals surface area contributed by atoms with Crippen molar-refractivity contribution in [1.82, 2.24) is 5.32 Å². The molecule has 0 radical (unpaired) electrons. The second-order valence-corrected chi connectivity index (χ2v) is 20.4. The molecule has 1 unspecified atom stereocenters. The first-order valence-electron chi connectivity index (χ1n) is 12.3. The molecule has 0 heterocycles. The third-order valence-electron chi connectivity index (χ3n) is 6.60. The average molecular weight is 600 g/mol. The van der Waals surface area contributed by atoms with Gasteiger partial charge in [0.1, 0.15) is 0 Å². The van der Waals surface area contributed by atoms with Crippen LogP contribution in [0.25, 0.3) is 0 Å². The molecule has 0 bridgehead atoms. The van der Waals surface area contributed by atoms with Crippen LogP contribution in [0.1, 0.15) is 12.0 Å². The second kappa shape index (κ2) is 13.1. The van der Waals surface area contributed by atoms with Gasteiger partial charge in [-0.05, 0) is 0 Å². The summed E-state index contributed by atoms with van der Waals surface area (Å²) in [6.45, 7) is 0.127. The van der Waals surface area contributed by atoms with Gasteiger partial charge < -0.3 is 0 Å². The summed E-state index contributed by atoms with van der Waals surface area (Å²) in [4.78, 5) is 25.4. The van der Waals surface area contributed by atoms with Crippen molar-refractivity contribution in [1.29, 1.82) is 0 Å². The van der Waals surface area contributed by atoms with Crippen LogP contribution < -0.4 is 16.1 Å². The zero-order chi connectivity index (χ0) is 25.9. The van der Waals surface area contributed by atoms with Gasteiger partial charge in [-0.25, -0.2) is 0 Å². The Labute approximate surface area is 222 Å². The van der Waals surface area contributed by atoms with Crippen LogP contribution in [0.3, 0.4) is 0 Å². The second-order valence-electron chi connectivity index (χ2n) is 8.82. The number of esters is 1. The van der Waals surface area contributed by atoms with Crippen molar-refractivity contribution in [3.8, 4) is 0 Å². The molecule has 0 aliphatic rings. The molecule has 1 amide bonds. The summed E-state index contributed by atoms with van der Waals surface area (Å²) in [7, 11) is 1.34.